The lowest BCUT2D eigenvalue weighted by Gasteiger charge is -2.11. The molecule has 0 aromatic heterocycles. The summed E-state index contributed by atoms with van der Waals surface area (Å²) in [6.07, 6.45) is 0. The second kappa shape index (κ2) is 6.99. The molecule has 1 N–H and O–H groups in total. The van der Waals surface area contributed by atoms with E-state index in [0.29, 0.717) is 8.95 Å². The number of thioether (sulfide) groups is 1. The summed E-state index contributed by atoms with van der Waals surface area (Å²) < 4.78 is 62.9. The molecule has 0 saturated carbocycles. The fourth-order valence-corrected chi connectivity index (χ4v) is 4.53. The molecule has 3 nitrogen and oxygen atoms in total. The second-order valence-electron chi connectivity index (χ2n) is 3.72. The van der Waals surface area contributed by atoms with Crippen LogP contribution in [0.15, 0.2) is 26.0 Å². The van der Waals surface area contributed by atoms with E-state index in [1.807, 2.05) is 0 Å². The summed E-state index contributed by atoms with van der Waals surface area (Å²) in [6, 6.07) is 3.02. The number of hydrogen-bond acceptors (Lipinski definition) is 3. The van der Waals surface area contributed by atoms with E-state index in [9.17, 15) is 21.6 Å². The zero-order valence-corrected chi connectivity index (χ0v) is 14.9. The second-order valence-corrected chi connectivity index (χ2v) is 8.33. The molecule has 10 heteroatoms. The van der Waals surface area contributed by atoms with Crippen LogP contribution in [0, 0.1) is 6.92 Å². The highest BCUT2D eigenvalue weighted by atomic mass is 79.9. The van der Waals surface area contributed by atoms with Crippen LogP contribution in [0.4, 0.5) is 13.2 Å². The van der Waals surface area contributed by atoms with Gasteiger partial charge in [0.2, 0.25) is 10.0 Å². The third-order valence-electron chi connectivity index (χ3n) is 2.16. The molecule has 1 aromatic carbocycles. The average molecular weight is 457 g/mol. The average Bonchev–Trinajstić information content (AvgIpc) is 2.28. The molecule has 0 fully saturated rings. The normalized spacial score (nSPS) is 12.7. The number of halogens is 5. The molecule has 0 atom stereocenters. The molecule has 1 aromatic rings. The molecule has 0 aliphatic rings. The van der Waals surface area contributed by atoms with Crippen LogP contribution in [-0.4, -0.2) is 26.2 Å². The molecule has 0 heterocycles. The van der Waals surface area contributed by atoms with E-state index in [2.05, 4.69) is 36.6 Å². The quantitative estimate of drug-likeness (QED) is 0.680. The number of benzene rings is 1. The summed E-state index contributed by atoms with van der Waals surface area (Å²) >= 11 is 6.08. The third-order valence-corrected chi connectivity index (χ3v) is 6.17. The van der Waals surface area contributed by atoms with Gasteiger partial charge in [0.1, 0.15) is 0 Å². The Balaban J connectivity index is 2.77. The summed E-state index contributed by atoms with van der Waals surface area (Å²) in [7, 11) is -3.86. The standard InChI is InChI=1S/C10H10Br2F3NO2S2/c1-6-4-8(12)9(5-7(6)11)20(17,18)16-2-3-19-10(13,14)15/h4-5,16H,2-3H2,1H3. The summed E-state index contributed by atoms with van der Waals surface area (Å²) in [5, 5.41) is 0. The van der Waals surface area contributed by atoms with E-state index in [0.717, 1.165) is 5.56 Å². The summed E-state index contributed by atoms with van der Waals surface area (Å²) in [5.74, 6) is -0.382. The van der Waals surface area contributed by atoms with Crippen molar-refractivity contribution in [1.29, 1.82) is 0 Å². The number of nitrogens with one attached hydrogen (secondary N) is 1. The monoisotopic (exact) mass is 455 g/mol. The van der Waals surface area contributed by atoms with E-state index in [1.165, 1.54) is 6.07 Å². The lowest BCUT2D eigenvalue weighted by molar-refractivity contribution is -0.0327. The van der Waals surface area contributed by atoms with E-state index in [4.69, 9.17) is 0 Å². The summed E-state index contributed by atoms with van der Waals surface area (Å²) in [6.45, 7) is 1.49. The molecule has 1 rings (SSSR count). The molecule has 0 bridgehead atoms. The van der Waals surface area contributed by atoms with Crippen LogP contribution in [0.3, 0.4) is 0 Å². The largest absolute Gasteiger partial charge is 0.441 e. The lowest BCUT2D eigenvalue weighted by Crippen LogP contribution is -2.27. The van der Waals surface area contributed by atoms with Crippen LogP contribution >= 0.6 is 43.6 Å². The van der Waals surface area contributed by atoms with Crippen molar-refractivity contribution in [1.82, 2.24) is 4.72 Å². The molecule has 0 aliphatic heterocycles. The van der Waals surface area contributed by atoms with Crippen molar-refractivity contribution in [3.8, 4) is 0 Å². The van der Waals surface area contributed by atoms with Gasteiger partial charge < -0.3 is 0 Å². The van der Waals surface area contributed by atoms with E-state index < -0.39 is 15.5 Å². The van der Waals surface area contributed by atoms with Crippen LogP contribution in [0.5, 0.6) is 0 Å². The maximum absolute atomic E-state index is 12.0. The van der Waals surface area contributed by atoms with Crippen LogP contribution < -0.4 is 4.72 Å². The first kappa shape index (κ1) is 18.3. The first-order chi connectivity index (χ1) is 9.03. The van der Waals surface area contributed by atoms with E-state index >= 15 is 0 Å². The first-order valence-electron chi connectivity index (χ1n) is 5.19. The molecule has 0 aliphatic carbocycles. The maximum atomic E-state index is 12.0. The minimum atomic E-state index is -4.36. The van der Waals surface area contributed by atoms with Crippen molar-refractivity contribution in [3.05, 3.63) is 26.6 Å². The van der Waals surface area contributed by atoms with Gasteiger partial charge in [-0.1, -0.05) is 15.9 Å². The Bertz CT molecular complexity index is 591. The minimum absolute atomic E-state index is 0.0213. The van der Waals surface area contributed by atoms with Gasteiger partial charge in [-0.3, -0.25) is 0 Å². The highest BCUT2D eigenvalue weighted by Gasteiger charge is 2.28. The van der Waals surface area contributed by atoms with Crippen LogP contribution in [0.25, 0.3) is 0 Å². The molecule has 20 heavy (non-hydrogen) atoms. The van der Waals surface area contributed by atoms with E-state index in [1.54, 1.807) is 13.0 Å². The Morgan fingerprint density at radius 1 is 1.25 bits per heavy atom. The van der Waals surface area contributed by atoms with Gasteiger partial charge in [0.05, 0.1) is 4.90 Å². The molecule has 0 radical (unpaired) electrons. The van der Waals surface area contributed by atoms with Gasteiger partial charge >= 0.3 is 5.51 Å². The van der Waals surface area contributed by atoms with Crippen LogP contribution in [-0.2, 0) is 10.0 Å². The third kappa shape index (κ3) is 5.55. The highest BCUT2D eigenvalue weighted by molar-refractivity contribution is 9.11. The Morgan fingerprint density at radius 2 is 1.85 bits per heavy atom. The Kier molecular flexibility index (Phi) is 6.39. The fourth-order valence-electron chi connectivity index (χ4n) is 1.25. The minimum Gasteiger partial charge on any atom is -0.210 e. The van der Waals surface area contributed by atoms with Crippen molar-refractivity contribution in [2.75, 3.05) is 12.3 Å². The van der Waals surface area contributed by atoms with Gasteiger partial charge in [0, 0.05) is 21.2 Å². The van der Waals surface area contributed by atoms with Gasteiger partial charge in [0.15, 0.2) is 0 Å². The number of alkyl halides is 3. The number of aryl methyl sites for hydroxylation is 1. The molecule has 0 unspecified atom stereocenters. The maximum Gasteiger partial charge on any atom is 0.441 e. The lowest BCUT2D eigenvalue weighted by atomic mass is 10.2. The topological polar surface area (TPSA) is 46.2 Å². The van der Waals surface area contributed by atoms with Gasteiger partial charge in [-0.15, -0.1) is 0 Å². The van der Waals surface area contributed by atoms with Gasteiger partial charge in [-0.05, 0) is 52.3 Å². The Labute approximate surface area is 136 Å². The van der Waals surface area contributed by atoms with Crippen molar-refractivity contribution in [2.45, 2.75) is 17.3 Å². The van der Waals surface area contributed by atoms with Gasteiger partial charge in [0.25, 0.3) is 0 Å². The predicted octanol–water partition coefficient (Wildman–Crippen LogP) is 4.05. The van der Waals surface area contributed by atoms with Crippen molar-refractivity contribution >= 4 is 53.6 Å². The fraction of sp³-hybridized carbons (Fsp3) is 0.400. The number of sulfonamides is 1. The molecule has 0 amide bonds. The molecule has 0 spiro atoms. The van der Waals surface area contributed by atoms with Crippen molar-refractivity contribution < 1.29 is 21.6 Å². The molecular weight excluding hydrogens is 447 g/mol. The SMILES string of the molecule is Cc1cc(Br)c(S(=O)(=O)NCCSC(F)(F)F)cc1Br. The summed E-state index contributed by atoms with van der Waals surface area (Å²) in [5.41, 5.74) is -3.53. The van der Waals surface area contributed by atoms with Crippen molar-refractivity contribution in [2.24, 2.45) is 0 Å². The predicted molar refractivity (Wildman–Crippen MR) is 80.3 cm³/mol. The van der Waals surface area contributed by atoms with Gasteiger partial charge in [-0.2, -0.15) is 13.2 Å². The Morgan fingerprint density at radius 3 is 2.40 bits per heavy atom. The zero-order chi connectivity index (χ0) is 15.6. The van der Waals surface area contributed by atoms with Crippen molar-refractivity contribution in [3.63, 3.8) is 0 Å². The number of hydrogen-bond donors (Lipinski definition) is 1. The highest BCUT2D eigenvalue weighted by Crippen LogP contribution is 2.30. The summed E-state index contributed by atoms with van der Waals surface area (Å²) in [4.78, 5) is -0.0213. The van der Waals surface area contributed by atoms with Crippen LogP contribution in [0.2, 0.25) is 0 Å². The van der Waals surface area contributed by atoms with E-state index in [-0.39, 0.29) is 29.0 Å². The zero-order valence-electron chi connectivity index (χ0n) is 10.1. The molecular formula is C10H10Br2F3NO2S2. The van der Waals surface area contributed by atoms with Crippen LogP contribution in [0.1, 0.15) is 5.56 Å². The molecule has 0 saturated heterocycles. The molecule has 114 valence electrons. The first-order valence-corrected chi connectivity index (χ1v) is 9.24. The van der Waals surface area contributed by atoms with Gasteiger partial charge in [-0.25, -0.2) is 13.1 Å². The Hall–Kier alpha value is 0.230. The smallest absolute Gasteiger partial charge is 0.210 e. The number of rotatable bonds is 5.